The fraction of sp³-hybridized carbons (Fsp3) is 0.0625. The molecule has 3 aromatic rings. The lowest BCUT2D eigenvalue weighted by Gasteiger charge is -2.16. The minimum absolute atomic E-state index is 0.762. The highest BCUT2D eigenvalue weighted by molar-refractivity contribution is 9.15. The van der Waals surface area contributed by atoms with E-state index >= 15 is 0 Å². The van der Waals surface area contributed by atoms with E-state index in [0.717, 1.165) is 34.7 Å². The lowest BCUT2D eigenvalue weighted by Crippen LogP contribution is -2.19. The first-order valence-electron chi connectivity index (χ1n) is 6.70. The minimum atomic E-state index is 0.762. The van der Waals surface area contributed by atoms with E-state index in [-0.39, 0.29) is 0 Å². The van der Waals surface area contributed by atoms with Crippen molar-refractivity contribution in [1.29, 1.82) is 0 Å². The Hall–Kier alpha value is 0.0500. The van der Waals surface area contributed by atoms with Gasteiger partial charge in [0.15, 0.2) is 6.21 Å². The highest BCUT2D eigenvalue weighted by Gasteiger charge is 2.28. The lowest BCUT2D eigenvalue weighted by molar-refractivity contribution is -0.473. The molecule has 0 unspecified atom stereocenters. The van der Waals surface area contributed by atoms with Gasteiger partial charge in [-0.15, -0.1) is 0 Å². The van der Waals surface area contributed by atoms with Crippen LogP contribution in [0.3, 0.4) is 0 Å². The van der Waals surface area contributed by atoms with Gasteiger partial charge in [-0.05, 0) is 91.8 Å². The zero-order valence-corrected chi connectivity index (χ0v) is 19.4. The summed E-state index contributed by atoms with van der Waals surface area (Å²) in [4.78, 5) is 0. The maximum Gasteiger partial charge on any atom is 0.237 e. The summed E-state index contributed by atoms with van der Waals surface area (Å²) in [5, 5.41) is 1.27. The fourth-order valence-electron chi connectivity index (χ4n) is 2.87. The van der Waals surface area contributed by atoms with Gasteiger partial charge in [0, 0.05) is 16.1 Å². The van der Waals surface area contributed by atoms with Crippen molar-refractivity contribution < 1.29 is 4.58 Å². The molecule has 2 heterocycles. The van der Waals surface area contributed by atoms with Crippen LogP contribution in [0.15, 0.2) is 52.8 Å². The van der Waals surface area contributed by atoms with Crippen LogP contribution in [0.25, 0.3) is 10.9 Å². The third-order valence-electron chi connectivity index (χ3n) is 3.89. The molecule has 0 fully saturated rings. The zero-order chi connectivity index (χ0) is 16.3. The molecule has 0 radical (unpaired) electrons. The summed E-state index contributed by atoms with van der Waals surface area (Å²) in [6, 6.07) is 8.56. The minimum Gasteiger partial charge on any atom is -0.291 e. The molecule has 1 aliphatic rings. The largest absolute Gasteiger partial charge is 0.291 e. The Morgan fingerprint density at radius 3 is 2.17 bits per heavy atom. The highest BCUT2D eigenvalue weighted by atomic mass is 79.9. The second-order valence-electron chi connectivity index (χ2n) is 5.23. The monoisotopic (exact) mass is 623 g/mol. The van der Waals surface area contributed by atoms with Crippen LogP contribution in [0.2, 0.25) is 0 Å². The molecular formula is C16H8Br5N2+. The quantitative estimate of drug-likeness (QED) is 0.153. The number of rotatable bonds is 1. The van der Waals surface area contributed by atoms with Gasteiger partial charge in [0.05, 0.1) is 20.0 Å². The first-order valence-corrected chi connectivity index (χ1v) is 10.7. The number of hydrogen-bond acceptors (Lipinski definition) is 0. The second-order valence-corrected chi connectivity index (χ2v) is 9.19. The average molecular weight is 628 g/mol. The van der Waals surface area contributed by atoms with Gasteiger partial charge in [-0.3, -0.25) is 4.57 Å². The number of nitrogens with zero attached hydrogens (tertiary/aromatic N) is 2. The van der Waals surface area contributed by atoms with Crippen LogP contribution in [-0.4, -0.2) is 15.4 Å². The molecule has 0 aliphatic carbocycles. The van der Waals surface area contributed by atoms with Gasteiger partial charge >= 0.3 is 0 Å². The van der Waals surface area contributed by atoms with Gasteiger partial charge in [0.2, 0.25) is 12.4 Å². The molecule has 116 valence electrons. The molecule has 1 aliphatic heterocycles. The van der Waals surface area contributed by atoms with E-state index in [2.05, 4.69) is 125 Å². The summed E-state index contributed by atoms with van der Waals surface area (Å²) >= 11 is 18.3. The Labute approximate surface area is 175 Å². The molecule has 0 spiro atoms. The van der Waals surface area contributed by atoms with Gasteiger partial charge in [-0.25, -0.2) is 0 Å². The van der Waals surface area contributed by atoms with E-state index in [1.807, 2.05) is 0 Å². The van der Waals surface area contributed by atoms with Crippen LogP contribution in [0.4, 0.5) is 5.69 Å². The van der Waals surface area contributed by atoms with Crippen molar-refractivity contribution in [2.45, 2.75) is 6.67 Å². The standard InChI is InChI=1S/C16H8Br5N2/c17-10-11(18)13(20)16(14(21)12(10)19)23-6-9-3-1-2-8-4-5-22(7-23)15(8)9/h1-6H,7H2/q+1. The average Bonchev–Trinajstić information content (AvgIpc) is 2.96. The van der Waals surface area contributed by atoms with Crippen LogP contribution in [0.1, 0.15) is 5.56 Å². The lowest BCUT2D eigenvalue weighted by atomic mass is 10.1. The number of para-hydroxylation sites is 1. The summed E-state index contributed by atoms with van der Waals surface area (Å²) in [5.41, 5.74) is 3.57. The first kappa shape index (κ1) is 16.5. The summed E-state index contributed by atoms with van der Waals surface area (Å²) in [6.45, 7) is 0.762. The van der Waals surface area contributed by atoms with Gasteiger partial charge in [0.25, 0.3) is 0 Å². The van der Waals surface area contributed by atoms with Crippen molar-refractivity contribution in [2.75, 3.05) is 0 Å². The third-order valence-corrected chi connectivity index (χ3v) is 9.94. The SMILES string of the molecule is Brc1c(Br)c(Br)c([N+]2=Cc3cccc4ccn(c34)C2)c(Br)c1Br. The topological polar surface area (TPSA) is 7.94 Å². The molecule has 0 atom stereocenters. The van der Waals surface area contributed by atoms with E-state index in [1.165, 1.54) is 16.5 Å². The van der Waals surface area contributed by atoms with Gasteiger partial charge < -0.3 is 0 Å². The molecule has 2 aromatic carbocycles. The molecule has 0 saturated heterocycles. The molecule has 1 aromatic heterocycles. The molecule has 0 amide bonds. The third kappa shape index (κ3) is 2.54. The van der Waals surface area contributed by atoms with Crippen LogP contribution < -0.4 is 0 Å². The fourth-order valence-corrected chi connectivity index (χ4v) is 6.35. The van der Waals surface area contributed by atoms with Gasteiger partial charge in [-0.2, -0.15) is 4.58 Å². The number of halogens is 5. The summed E-state index contributed by atoms with van der Waals surface area (Å²) < 4.78 is 9.43. The predicted molar refractivity (Wildman–Crippen MR) is 112 cm³/mol. The smallest absolute Gasteiger partial charge is 0.237 e. The molecule has 0 bridgehead atoms. The summed E-state index contributed by atoms with van der Waals surface area (Å²) in [7, 11) is 0. The Kier molecular flexibility index (Phi) is 4.37. The van der Waals surface area contributed by atoms with Crippen molar-refractivity contribution in [3.05, 3.63) is 58.4 Å². The molecule has 4 rings (SSSR count). The predicted octanol–water partition coefficient (Wildman–Crippen LogP) is 7.19. The van der Waals surface area contributed by atoms with E-state index in [1.54, 1.807) is 0 Å². The van der Waals surface area contributed by atoms with Gasteiger partial charge in [-0.1, -0.05) is 12.1 Å². The van der Waals surface area contributed by atoms with E-state index in [4.69, 9.17) is 0 Å². The van der Waals surface area contributed by atoms with Crippen LogP contribution in [0.5, 0.6) is 0 Å². The molecule has 23 heavy (non-hydrogen) atoms. The maximum absolute atomic E-state index is 3.72. The van der Waals surface area contributed by atoms with E-state index in [9.17, 15) is 0 Å². The van der Waals surface area contributed by atoms with Gasteiger partial charge in [0.1, 0.15) is 8.95 Å². The van der Waals surface area contributed by atoms with Crippen molar-refractivity contribution in [3.8, 4) is 0 Å². The van der Waals surface area contributed by atoms with Crippen molar-refractivity contribution in [3.63, 3.8) is 0 Å². The van der Waals surface area contributed by atoms with Crippen LogP contribution in [-0.2, 0) is 6.67 Å². The number of hydrogen-bond donors (Lipinski definition) is 0. The normalized spacial score (nSPS) is 13.5. The number of benzene rings is 2. The van der Waals surface area contributed by atoms with Crippen LogP contribution in [0, 0.1) is 0 Å². The molecular weight excluding hydrogens is 620 g/mol. The molecule has 0 N–H and O–H groups in total. The Bertz CT molecular complexity index is 974. The van der Waals surface area contributed by atoms with E-state index < -0.39 is 0 Å². The summed E-state index contributed by atoms with van der Waals surface area (Å²) in [5.74, 6) is 0. The molecule has 0 saturated carbocycles. The van der Waals surface area contributed by atoms with Crippen molar-refractivity contribution in [1.82, 2.24) is 4.57 Å². The zero-order valence-electron chi connectivity index (χ0n) is 11.5. The Morgan fingerprint density at radius 2 is 1.48 bits per heavy atom. The molecule has 7 heteroatoms. The Morgan fingerprint density at radius 1 is 0.826 bits per heavy atom. The van der Waals surface area contributed by atoms with Crippen molar-refractivity contribution in [2.24, 2.45) is 0 Å². The highest BCUT2D eigenvalue weighted by Crippen LogP contribution is 2.48. The summed E-state index contributed by atoms with van der Waals surface area (Å²) in [6.07, 6.45) is 4.33. The Balaban J connectivity index is 1.99. The van der Waals surface area contributed by atoms with Crippen molar-refractivity contribution >= 4 is 102 Å². The maximum atomic E-state index is 3.72. The van der Waals surface area contributed by atoms with E-state index in [0.29, 0.717) is 0 Å². The number of aromatic nitrogens is 1. The van der Waals surface area contributed by atoms with Crippen LogP contribution >= 0.6 is 79.6 Å². The first-order chi connectivity index (χ1) is 11.0. The molecule has 2 nitrogen and oxygen atoms in total. The second kappa shape index (κ2) is 6.09.